The molecular formula is C36H23NO. The second-order valence-corrected chi connectivity index (χ2v) is 9.77. The predicted octanol–water partition coefficient (Wildman–Crippen LogP) is 10.0. The first-order valence-corrected chi connectivity index (χ1v) is 12.9. The Morgan fingerprint density at radius 3 is 1.79 bits per heavy atom. The van der Waals surface area contributed by atoms with Crippen LogP contribution in [0.1, 0.15) is 0 Å². The topological polar surface area (TPSA) is 18.1 Å². The molecule has 0 spiro atoms. The molecular weight excluding hydrogens is 462 g/mol. The van der Waals surface area contributed by atoms with Crippen LogP contribution in [0.4, 0.5) is 0 Å². The zero-order valence-corrected chi connectivity index (χ0v) is 20.6. The zero-order valence-electron chi connectivity index (χ0n) is 20.6. The highest BCUT2D eigenvalue weighted by atomic mass is 16.3. The Morgan fingerprint density at radius 2 is 0.974 bits per heavy atom. The highest BCUT2D eigenvalue weighted by Gasteiger charge is 2.15. The quantitative estimate of drug-likeness (QED) is 0.243. The summed E-state index contributed by atoms with van der Waals surface area (Å²) in [6.45, 7) is 0. The van der Waals surface area contributed by atoms with Crippen molar-refractivity contribution >= 4 is 43.7 Å². The highest BCUT2D eigenvalue weighted by molar-refractivity contribution is 6.11. The average Bonchev–Trinajstić information content (AvgIpc) is 3.52. The fraction of sp³-hybridized carbons (Fsp3) is 0. The Kier molecular flexibility index (Phi) is 4.55. The molecule has 0 aliphatic heterocycles. The third kappa shape index (κ3) is 3.14. The van der Waals surface area contributed by atoms with Gasteiger partial charge in [-0.05, 0) is 70.8 Å². The van der Waals surface area contributed by atoms with Crippen LogP contribution in [0.2, 0.25) is 0 Å². The fourth-order valence-corrected chi connectivity index (χ4v) is 5.88. The monoisotopic (exact) mass is 485 g/mol. The minimum Gasteiger partial charge on any atom is -0.456 e. The smallest absolute Gasteiger partial charge is 0.135 e. The van der Waals surface area contributed by atoms with E-state index < -0.39 is 0 Å². The zero-order chi connectivity index (χ0) is 25.1. The first kappa shape index (κ1) is 21.0. The van der Waals surface area contributed by atoms with Crippen molar-refractivity contribution in [2.75, 3.05) is 0 Å². The average molecular weight is 486 g/mol. The van der Waals surface area contributed by atoms with Crippen LogP contribution in [0.3, 0.4) is 0 Å². The van der Waals surface area contributed by atoms with Gasteiger partial charge in [0.05, 0.1) is 11.0 Å². The van der Waals surface area contributed by atoms with Crippen molar-refractivity contribution in [1.29, 1.82) is 0 Å². The van der Waals surface area contributed by atoms with Gasteiger partial charge in [0.1, 0.15) is 11.2 Å². The van der Waals surface area contributed by atoms with Crippen LogP contribution >= 0.6 is 0 Å². The third-order valence-corrected chi connectivity index (χ3v) is 7.61. The maximum atomic E-state index is 6.08. The molecule has 0 amide bonds. The van der Waals surface area contributed by atoms with Gasteiger partial charge in [0.25, 0.3) is 0 Å². The van der Waals surface area contributed by atoms with Crippen molar-refractivity contribution in [3.8, 4) is 27.9 Å². The van der Waals surface area contributed by atoms with E-state index in [1.165, 1.54) is 49.7 Å². The molecule has 0 aliphatic rings. The lowest BCUT2D eigenvalue weighted by molar-refractivity contribution is 0.669. The molecule has 0 bridgehead atoms. The molecule has 2 heterocycles. The lowest BCUT2D eigenvalue weighted by atomic mass is 9.93. The molecule has 2 aromatic heterocycles. The minimum atomic E-state index is 0.919. The molecule has 8 rings (SSSR count). The van der Waals surface area contributed by atoms with Gasteiger partial charge in [-0.3, -0.25) is 0 Å². The van der Waals surface area contributed by atoms with Crippen LogP contribution in [-0.4, -0.2) is 4.57 Å². The van der Waals surface area contributed by atoms with Gasteiger partial charge < -0.3 is 8.98 Å². The highest BCUT2D eigenvalue weighted by Crippen LogP contribution is 2.39. The largest absolute Gasteiger partial charge is 0.456 e. The molecule has 2 heteroatoms. The number of hydrogen-bond donors (Lipinski definition) is 0. The normalized spacial score (nSPS) is 11.7. The van der Waals surface area contributed by atoms with Gasteiger partial charge in [-0.15, -0.1) is 0 Å². The second-order valence-electron chi connectivity index (χ2n) is 9.77. The molecule has 0 saturated heterocycles. The molecule has 2 nitrogen and oxygen atoms in total. The van der Waals surface area contributed by atoms with Crippen molar-refractivity contribution in [1.82, 2.24) is 4.57 Å². The van der Waals surface area contributed by atoms with Crippen LogP contribution < -0.4 is 0 Å². The van der Waals surface area contributed by atoms with Crippen molar-refractivity contribution in [3.05, 3.63) is 140 Å². The lowest BCUT2D eigenvalue weighted by Crippen LogP contribution is -1.93. The number of rotatable bonds is 3. The van der Waals surface area contributed by atoms with E-state index in [4.69, 9.17) is 4.42 Å². The van der Waals surface area contributed by atoms with Gasteiger partial charge in [-0.25, -0.2) is 0 Å². The van der Waals surface area contributed by atoms with E-state index in [2.05, 4.69) is 132 Å². The first-order valence-electron chi connectivity index (χ1n) is 12.9. The molecule has 0 N–H and O–H groups in total. The molecule has 38 heavy (non-hydrogen) atoms. The van der Waals surface area contributed by atoms with Gasteiger partial charge in [-0.1, -0.05) is 91.0 Å². The lowest BCUT2D eigenvalue weighted by Gasteiger charge is -2.12. The van der Waals surface area contributed by atoms with E-state index in [1.54, 1.807) is 0 Å². The van der Waals surface area contributed by atoms with E-state index in [-0.39, 0.29) is 0 Å². The molecule has 0 saturated carbocycles. The summed E-state index contributed by atoms with van der Waals surface area (Å²) >= 11 is 0. The molecule has 6 aromatic carbocycles. The van der Waals surface area contributed by atoms with Crippen molar-refractivity contribution in [3.63, 3.8) is 0 Å². The summed E-state index contributed by atoms with van der Waals surface area (Å²) in [6, 6.07) is 49.6. The molecule has 178 valence electrons. The van der Waals surface area contributed by atoms with Gasteiger partial charge in [-0.2, -0.15) is 0 Å². The predicted molar refractivity (Wildman–Crippen MR) is 159 cm³/mol. The molecule has 0 aliphatic carbocycles. The Labute approximate surface area is 220 Å². The van der Waals surface area contributed by atoms with E-state index in [9.17, 15) is 0 Å². The van der Waals surface area contributed by atoms with Gasteiger partial charge >= 0.3 is 0 Å². The van der Waals surface area contributed by atoms with Gasteiger partial charge in [0.15, 0.2) is 0 Å². The number of fused-ring (bicyclic) bond motifs is 6. The molecule has 0 radical (unpaired) electrons. The molecule has 0 fully saturated rings. The summed E-state index contributed by atoms with van der Waals surface area (Å²) in [6.07, 6.45) is 0. The van der Waals surface area contributed by atoms with Crippen molar-refractivity contribution in [2.24, 2.45) is 0 Å². The second kappa shape index (κ2) is 8.22. The number of nitrogens with zero attached hydrogens (tertiary/aromatic N) is 1. The number of hydrogen-bond acceptors (Lipinski definition) is 1. The Balaban J connectivity index is 1.34. The number of benzene rings is 6. The van der Waals surface area contributed by atoms with E-state index in [0.29, 0.717) is 0 Å². The van der Waals surface area contributed by atoms with Crippen LogP contribution in [0, 0.1) is 0 Å². The van der Waals surface area contributed by atoms with E-state index in [1.807, 2.05) is 12.1 Å². The van der Waals surface area contributed by atoms with Crippen molar-refractivity contribution in [2.45, 2.75) is 0 Å². The van der Waals surface area contributed by atoms with E-state index >= 15 is 0 Å². The summed E-state index contributed by atoms with van der Waals surface area (Å²) in [5.74, 6) is 0. The maximum Gasteiger partial charge on any atom is 0.135 e. The molecule has 0 atom stereocenters. The standard InChI is InChI=1S/C36H23NO/c1-2-10-26(11-3-1)37-33-16-8-6-14-29(33)31-22-24(18-20-34(31)37)27-12-4-5-13-28(27)25-19-21-36-32(23-25)30-15-7-9-17-35(30)38-36/h1-23H. The van der Waals surface area contributed by atoms with Crippen LogP contribution in [0.25, 0.3) is 71.7 Å². The van der Waals surface area contributed by atoms with Gasteiger partial charge in [0, 0.05) is 27.2 Å². The fourth-order valence-electron chi connectivity index (χ4n) is 5.88. The summed E-state index contributed by atoms with van der Waals surface area (Å²) in [5.41, 5.74) is 10.3. The molecule has 8 aromatic rings. The summed E-state index contributed by atoms with van der Waals surface area (Å²) in [5, 5.41) is 4.82. The Hall–Kier alpha value is -5.08. The number of aromatic nitrogens is 1. The van der Waals surface area contributed by atoms with Crippen LogP contribution in [0.15, 0.2) is 144 Å². The summed E-state index contributed by atoms with van der Waals surface area (Å²) in [7, 11) is 0. The van der Waals surface area contributed by atoms with Crippen molar-refractivity contribution < 1.29 is 4.42 Å². The Bertz CT molecular complexity index is 2130. The summed E-state index contributed by atoms with van der Waals surface area (Å²) < 4.78 is 8.44. The summed E-state index contributed by atoms with van der Waals surface area (Å²) in [4.78, 5) is 0. The molecule has 0 unspecified atom stereocenters. The minimum absolute atomic E-state index is 0.919. The third-order valence-electron chi connectivity index (χ3n) is 7.61. The van der Waals surface area contributed by atoms with E-state index in [0.717, 1.165) is 21.9 Å². The number of furan rings is 1. The number of para-hydroxylation sites is 3. The SMILES string of the molecule is c1ccc(-n2c3ccccc3c3cc(-c4ccccc4-c4ccc5oc6ccccc6c5c4)ccc32)cc1. The van der Waals surface area contributed by atoms with Crippen LogP contribution in [-0.2, 0) is 0 Å². The van der Waals surface area contributed by atoms with Gasteiger partial charge in [0.2, 0.25) is 0 Å². The maximum absolute atomic E-state index is 6.08. The first-order chi connectivity index (χ1) is 18.8. The Morgan fingerprint density at radius 1 is 0.395 bits per heavy atom. The van der Waals surface area contributed by atoms with Crippen LogP contribution in [0.5, 0.6) is 0 Å².